The Kier molecular flexibility index (Phi) is 5.89. The van der Waals surface area contributed by atoms with Gasteiger partial charge in [0, 0.05) is 4.47 Å². The van der Waals surface area contributed by atoms with Gasteiger partial charge in [-0.05, 0) is 46.9 Å². The minimum atomic E-state index is -4.94. The highest BCUT2D eigenvalue weighted by molar-refractivity contribution is 9.10. The van der Waals surface area contributed by atoms with Crippen LogP contribution in [-0.2, 0) is 4.79 Å². The van der Waals surface area contributed by atoms with E-state index in [4.69, 9.17) is 0 Å². The number of halogens is 4. The molecule has 0 aliphatic heterocycles. The normalized spacial score (nSPS) is 12.5. The predicted molar refractivity (Wildman–Crippen MR) is 108 cm³/mol. The molecule has 0 saturated heterocycles. The molecule has 3 rings (SSSR count). The maximum absolute atomic E-state index is 12.8. The third kappa shape index (κ3) is 4.44. The summed E-state index contributed by atoms with van der Waals surface area (Å²) in [7, 11) is 0. The Balaban J connectivity index is 2.20. The highest BCUT2D eigenvalue weighted by Crippen LogP contribution is 2.39. The lowest BCUT2D eigenvalue weighted by Crippen LogP contribution is -2.38. The summed E-state index contributed by atoms with van der Waals surface area (Å²) in [5.74, 6) is -1.96. The van der Waals surface area contributed by atoms with Crippen molar-refractivity contribution < 1.29 is 18.0 Å². The molecule has 0 saturated carbocycles. The summed E-state index contributed by atoms with van der Waals surface area (Å²) in [4.78, 5) is 11.6. The van der Waals surface area contributed by atoms with Crippen molar-refractivity contribution in [3.8, 4) is 22.3 Å². The summed E-state index contributed by atoms with van der Waals surface area (Å²) >= 11 is 3.51. The molecule has 0 aromatic heterocycles. The van der Waals surface area contributed by atoms with Crippen molar-refractivity contribution in [2.24, 2.45) is 0 Å². The number of carbonyl (C=O) groups is 1. The van der Waals surface area contributed by atoms with Crippen molar-refractivity contribution >= 4 is 21.8 Å². The second kappa shape index (κ2) is 8.19. The highest BCUT2D eigenvalue weighted by atomic mass is 79.9. The van der Waals surface area contributed by atoms with E-state index in [0.29, 0.717) is 5.56 Å². The van der Waals surface area contributed by atoms with Crippen molar-refractivity contribution in [3.05, 3.63) is 82.8 Å². The molecule has 6 heteroatoms. The van der Waals surface area contributed by atoms with Gasteiger partial charge in [-0.2, -0.15) is 13.2 Å². The maximum Gasteiger partial charge on any atom is 0.471 e. The third-order valence-corrected chi connectivity index (χ3v) is 4.81. The first-order chi connectivity index (χ1) is 13.3. The Morgan fingerprint density at radius 2 is 1.32 bits per heavy atom. The number of amides is 1. The van der Waals surface area contributed by atoms with Crippen LogP contribution < -0.4 is 5.32 Å². The minimum Gasteiger partial charge on any atom is -0.342 e. The van der Waals surface area contributed by atoms with Gasteiger partial charge >= 0.3 is 12.1 Å². The van der Waals surface area contributed by atoms with Crippen LogP contribution in [0, 0.1) is 0 Å². The fraction of sp³-hybridized carbons (Fsp3) is 0.136. The molecule has 3 aromatic rings. The molecule has 3 aromatic carbocycles. The summed E-state index contributed by atoms with van der Waals surface area (Å²) in [5.41, 5.74) is 3.83. The first-order valence-electron chi connectivity index (χ1n) is 8.59. The van der Waals surface area contributed by atoms with Gasteiger partial charge in [0.2, 0.25) is 0 Å². The van der Waals surface area contributed by atoms with Crippen LogP contribution in [0.3, 0.4) is 0 Å². The summed E-state index contributed by atoms with van der Waals surface area (Å²) in [6.07, 6.45) is -4.94. The summed E-state index contributed by atoms with van der Waals surface area (Å²) < 4.78 is 39.2. The summed E-state index contributed by atoms with van der Waals surface area (Å²) in [6.45, 7) is 1.56. The molecular weight excluding hydrogens is 431 g/mol. The molecule has 2 nitrogen and oxygen atoms in total. The fourth-order valence-corrected chi connectivity index (χ4v) is 3.61. The van der Waals surface area contributed by atoms with Crippen LogP contribution in [0.25, 0.3) is 22.3 Å². The summed E-state index contributed by atoms with van der Waals surface area (Å²) in [6, 6.07) is 21.6. The number of benzene rings is 3. The largest absolute Gasteiger partial charge is 0.471 e. The molecule has 1 N–H and O–H groups in total. The number of carbonyl (C=O) groups excluding carboxylic acids is 1. The Labute approximate surface area is 169 Å². The van der Waals surface area contributed by atoms with Gasteiger partial charge in [0.05, 0.1) is 6.04 Å². The van der Waals surface area contributed by atoms with E-state index in [2.05, 4.69) is 21.2 Å². The molecule has 0 heterocycles. The number of hydrogen-bond acceptors (Lipinski definition) is 1. The van der Waals surface area contributed by atoms with E-state index >= 15 is 0 Å². The van der Waals surface area contributed by atoms with Crippen LogP contribution in [0.2, 0.25) is 0 Å². The second-order valence-electron chi connectivity index (χ2n) is 6.34. The van der Waals surface area contributed by atoms with E-state index in [0.717, 1.165) is 26.7 Å². The molecule has 0 bridgehead atoms. The monoisotopic (exact) mass is 447 g/mol. The summed E-state index contributed by atoms with van der Waals surface area (Å²) in [5, 5.41) is 2.10. The van der Waals surface area contributed by atoms with Gasteiger partial charge in [0.25, 0.3) is 0 Å². The van der Waals surface area contributed by atoms with Gasteiger partial charge < -0.3 is 5.32 Å². The fourth-order valence-electron chi connectivity index (χ4n) is 3.15. The smallest absolute Gasteiger partial charge is 0.342 e. The molecule has 1 unspecified atom stereocenters. The van der Waals surface area contributed by atoms with Gasteiger partial charge in [0.1, 0.15) is 0 Å². The van der Waals surface area contributed by atoms with Crippen LogP contribution in [0.4, 0.5) is 13.2 Å². The van der Waals surface area contributed by atoms with Crippen LogP contribution >= 0.6 is 15.9 Å². The SMILES string of the molecule is CC(NC(=O)C(F)(F)F)c1c(-c2ccccc2)cc(Br)cc1-c1ccccc1. The number of nitrogens with one attached hydrogen (secondary N) is 1. The van der Waals surface area contributed by atoms with Crippen molar-refractivity contribution in [3.63, 3.8) is 0 Å². The molecule has 0 aliphatic rings. The van der Waals surface area contributed by atoms with Gasteiger partial charge in [-0.15, -0.1) is 0 Å². The van der Waals surface area contributed by atoms with Crippen LogP contribution in [0.15, 0.2) is 77.3 Å². The van der Waals surface area contributed by atoms with E-state index in [-0.39, 0.29) is 0 Å². The average Bonchev–Trinajstić information content (AvgIpc) is 2.67. The van der Waals surface area contributed by atoms with E-state index < -0.39 is 18.1 Å². The van der Waals surface area contributed by atoms with Gasteiger partial charge in [0.15, 0.2) is 0 Å². The number of rotatable bonds is 4. The van der Waals surface area contributed by atoms with Gasteiger partial charge in [-0.1, -0.05) is 76.6 Å². The first kappa shape index (κ1) is 20.1. The van der Waals surface area contributed by atoms with Crippen LogP contribution in [-0.4, -0.2) is 12.1 Å². The molecule has 144 valence electrons. The average molecular weight is 448 g/mol. The standard InChI is InChI=1S/C22H17BrF3NO/c1-14(27-21(28)22(24,25)26)20-18(15-8-4-2-5-9-15)12-17(23)13-19(20)16-10-6-3-7-11-16/h2-14H,1H3,(H,27,28). The lowest BCUT2D eigenvalue weighted by atomic mass is 9.88. The van der Waals surface area contributed by atoms with E-state index in [9.17, 15) is 18.0 Å². The first-order valence-corrected chi connectivity index (χ1v) is 9.38. The van der Waals surface area contributed by atoms with E-state index in [1.165, 1.54) is 0 Å². The van der Waals surface area contributed by atoms with Crippen molar-refractivity contribution in [1.29, 1.82) is 0 Å². The van der Waals surface area contributed by atoms with Crippen LogP contribution in [0.5, 0.6) is 0 Å². The molecular formula is C22H17BrF3NO. The molecule has 0 radical (unpaired) electrons. The van der Waals surface area contributed by atoms with Gasteiger partial charge in [-0.3, -0.25) is 4.79 Å². The van der Waals surface area contributed by atoms with Crippen molar-refractivity contribution in [1.82, 2.24) is 5.32 Å². The van der Waals surface area contributed by atoms with Crippen LogP contribution in [0.1, 0.15) is 18.5 Å². The minimum absolute atomic E-state index is 0.623. The van der Waals surface area contributed by atoms with Crippen molar-refractivity contribution in [2.45, 2.75) is 19.1 Å². The third-order valence-electron chi connectivity index (χ3n) is 4.35. The number of hydrogen-bond donors (Lipinski definition) is 1. The Morgan fingerprint density at radius 1 is 0.893 bits per heavy atom. The molecule has 0 fully saturated rings. The zero-order chi connectivity index (χ0) is 20.3. The zero-order valence-corrected chi connectivity index (χ0v) is 16.5. The molecule has 28 heavy (non-hydrogen) atoms. The Hall–Kier alpha value is -2.60. The predicted octanol–water partition coefficient (Wildman–Crippen LogP) is 6.52. The lowest BCUT2D eigenvalue weighted by molar-refractivity contribution is -0.174. The molecule has 1 atom stereocenters. The molecule has 0 aliphatic carbocycles. The van der Waals surface area contributed by atoms with Gasteiger partial charge in [-0.25, -0.2) is 0 Å². The quantitative estimate of drug-likeness (QED) is 0.484. The second-order valence-corrected chi connectivity index (χ2v) is 7.26. The maximum atomic E-state index is 12.8. The zero-order valence-electron chi connectivity index (χ0n) is 14.9. The van der Waals surface area contributed by atoms with Crippen molar-refractivity contribution in [2.75, 3.05) is 0 Å². The highest BCUT2D eigenvalue weighted by Gasteiger charge is 2.39. The topological polar surface area (TPSA) is 29.1 Å². The van der Waals surface area contributed by atoms with E-state index in [1.54, 1.807) is 6.92 Å². The number of alkyl halides is 3. The lowest BCUT2D eigenvalue weighted by Gasteiger charge is -2.23. The molecule has 1 amide bonds. The Morgan fingerprint density at radius 3 is 1.71 bits per heavy atom. The molecule has 0 spiro atoms. The van der Waals surface area contributed by atoms with E-state index in [1.807, 2.05) is 72.8 Å². The Bertz CT molecular complexity index is 912.